The van der Waals surface area contributed by atoms with Crippen molar-refractivity contribution in [3.8, 4) is 0 Å². The van der Waals surface area contributed by atoms with Crippen LogP contribution < -0.4 is 0 Å². The maximum atomic E-state index is 11.8. The second-order valence-electron chi connectivity index (χ2n) is 11.1. The molecule has 2 fully saturated rings. The molecule has 0 aromatic rings. The first-order valence-electron chi connectivity index (χ1n) is 14.8. The lowest BCUT2D eigenvalue weighted by Crippen LogP contribution is -2.23. The quantitative estimate of drug-likeness (QED) is 0.276. The Morgan fingerprint density at radius 3 is 1.55 bits per heavy atom. The summed E-state index contributed by atoms with van der Waals surface area (Å²) in [5.41, 5.74) is 0. The highest BCUT2D eigenvalue weighted by atomic mass is 16.5. The van der Waals surface area contributed by atoms with Crippen LogP contribution in [0.3, 0.4) is 0 Å². The smallest absolute Gasteiger partial charge is 0.308 e. The van der Waals surface area contributed by atoms with Gasteiger partial charge in [-0.25, -0.2) is 0 Å². The van der Waals surface area contributed by atoms with Crippen molar-refractivity contribution in [2.24, 2.45) is 35.5 Å². The highest BCUT2D eigenvalue weighted by Gasteiger charge is 2.26. The normalized spacial score (nSPS) is 27.2. The zero-order valence-electron chi connectivity index (χ0n) is 23.0. The topological polar surface area (TPSA) is 46.5 Å². The largest absolute Gasteiger partial charge is 0.466 e. The summed E-state index contributed by atoms with van der Waals surface area (Å²) in [5, 5.41) is 9.19. The molecule has 2 aliphatic rings. The zero-order chi connectivity index (χ0) is 24.5. The number of rotatable bonds is 13. The van der Waals surface area contributed by atoms with Gasteiger partial charge in [0, 0.05) is 6.61 Å². The van der Waals surface area contributed by atoms with E-state index in [-0.39, 0.29) is 11.9 Å². The number of hydrogen-bond acceptors (Lipinski definition) is 3. The van der Waals surface area contributed by atoms with Crippen LogP contribution in [-0.2, 0) is 9.53 Å². The molecule has 2 saturated carbocycles. The predicted molar refractivity (Wildman–Crippen MR) is 141 cm³/mol. The first kappa shape index (κ1) is 30.5. The highest BCUT2D eigenvalue weighted by molar-refractivity contribution is 5.72. The lowest BCUT2D eigenvalue weighted by Gasteiger charge is -2.30. The van der Waals surface area contributed by atoms with Crippen molar-refractivity contribution in [2.75, 3.05) is 13.2 Å². The monoisotopic (exact) mass is 466 g/mol. The van der Waals surface area contributed by atoms with Gasteiger partial charge < -0.3 is 9.84 Å². The fourth-order valence-corrected chi connectivity index (χ4v) is 6.26. The van der Waals surface area contributed by atoms with E-state index in [9.17, 15) is 9.90 Å². The van der Waals surface area contributed by atoms with Gasteiger partial charge in [0.15, 0.2) is 0 Å². The van der Waals surface area contributed by atoms with E-state index in [1.165, 1.54) is 83.5 Å². The number of esters is 1. The Labute approximate surface area is 206 Å². The summed E-state index contributed by atoms with van der Waals surface area (Å²) in [6.07, 6.45) is 21.0. The SMILES string of the molecule is CCCC1CCC(CC(CC)C(=O)OCC)CC1.CCCC1CCC(CC(CC)CO)CC1. The molecule has 0 spiro atoms. The van der Waals surface area contributed by atoms with Gasteiger partial charge in [-0.2, -0.15) is 0 Å². The van der Waals surface area contributed by atoms with Gasteiger partial charge in [0.1, 0.15) is 0 Å². The first-order chi connectivity index (χ1) is 16.0. The molecule has 2 rings (SSSR count). The molecule has 0 bridgehead atoms. The van der Waals surface area contributed by atoms with E-state index in [1.807, 2.05) is 6.92 Å². The summed E-state index contributed by atoms with van der Waals surface area (Å²) in [6.45, 7) is 11.7. The third kappa shape index (κ3) is 12.6. The molecule has 0 amide bonds. The number of hydrogen-bond donors (Lipinski definition) is 1. The van der Waals surface area contributed by atoms with Crippen LogP contribution in [0.15, 0.2) is 0 Å². The van der Waals surface area contributed by atoms with Crippen LogP contribution >= 0.6 is 0 Å². The van der Waals surface area contributed by atoms with Gasteiger partial charge in [0.2, 0.25) is 0 Å². The molecule has 0 aliphatic heterocycles. The average Bonchev–Trinajstić information content (AvgIpc) is 2.84. The Bertz CT molecular complexity index is 457. The van der Waals surface area contributed by atoms with E-state index in [2.05, 4.69) is 27.7 Å². The van der Waals surface area contributed by atoms with Crippen LogP contribution in [0, 0.1) is 35.5 Å². The molecular formula is C30H58O3. The van der Waals surface area contributed by atoms with Gasteiger partial charge in [-0.3, -0.25) is 4.79 Å². The maximum absolute atomic E-state index is 11.8. The molecule has 2 unspecified atom stereocenters. The van der Waals surface area contributed by atoms with Crippen LogP contribution in [-0.4, -0.2) is 24.3 Å². The number of aliphatic hydroxyl groups is 1. The third-order valence-electron chi connectivity index (χ3n) is 8.56. The average molecular weight is 467 g/mol. The van der Waals surface area contributed by atoms with Gasteiger partial charge in [-0.1, -0.05) is 111 Å². The van der Waals surface area contributed by atoms with Gasteiger partial charge in [-0.15, -0.1) is 0 Å². The fraction of sp³-hybridized carbons (Fsp3) is 0.967. The van der Waals surface area contributed by atoms with Crippen molar-refractivity contribution in [3.63, 3.8) is 0 Å². The summed E-state index contributed by atoms with van der Waals surface area (Å²) in [6, 6.07) is 0. The molecule has 0 aromatic carbocycles. The molecule has 1 N–H and O–H groups in total. The molecular weight excluding hydrogens is 408 g/mol. The van der Waals surface area contributed by atoms with Crippen molar-refractivity contribution in [3.05, 3.63) is 0 Å². The lowest BCUT2D eigenvalue weighted by molar-refractivity contribution is -0.148. The van der Waals surface area contributed by atoms with Crippen LogP contribution in [0.4, 0.5) is 0 Å². The molecule has 3 nitrogen and oxygen atoms in total. The zero-order valence-corrected chi connectivity index (χ0v) is 23.0. The maximum Gasteiger partial charge on any atom is 0.308 e. The van der Waals surface area contributed by atoms with Crippen LogP contribution in [0.25, 0.3) is 0 Å². The van der Waals surface area contributed by atoms with Crippen molar-refractivity contribution in [1.29, 1.82) is 0 Å². The Balaban J connectivity index is 0.000000335. The predicted octanol–water partition coefficient (Wildman–Crippen LogP) is 8.57. The third-order valence-corrected chi connectivity index (χ3v) is 8.56. The number of aliphatic hydroxyl groups excluding tert-OH is 1. The Kier molecular flexibility index (Phi) is 17.3. The molecule has 0 aromatic heterocycles. The minimum atomic E-state index is 0.0238. The van der Waals surface area contributed by atoms with Crippen LogP contribution in [0.5, 0.6) is 0 Å². The summed E-state index contributed by atoms with van der Waals surface area (Å²) in [4.78, 5) is 11.8. The van der Waals surface area contributed by atoms with Crippen LogP contribution in [0.2, 0.25) is 0 Å². The molecule has 33 heavy (non-hydrogen) atoms. The molecule has 0 saturated heterocycles. The van der Waals surface area contributed by atoms with Crippen molar-refractivity contribution >= 4 is 5.97 Å². The van der Waals surface area contributed by atoms with E-state index in [0.29, 0.717) is 19.1 Å². The first-order valence-corrected chi connectivity index (χ1v) is 14.8. The summed E-state index contributed by atoms with van der Waals surface area (Å²) < 4.78 is 5.16. The second-order valence-corrected chi connectivity index (χ2v) is 11.1. The molecule has 0 radical (unpaired) electrons. The van der Waals surface area contributed by atoms with E-state index in [1.54, 1.807) is 0 Å². The standard InChI is InChI=1S/C16H30O2.C14H28O/c1-4-7-13-8-10-14(11-9-13)12-15(5-2)16(17)18-6-3;1-3-5-13-6-8-14(9-7-13)10-12(4-2)11-15/h13-15H,4-12H2,1-3H3;12-15H,3-11H2,1-2H3. The van der Waals surface area contributed by atoms with Crippen LogP contribution in [0.1, 0.15) is 137 Å². The highest BCUT2D eigenvalue weighted by Crippen LogP contribution is 2.36. The minimum absolute atomic E-state index is 0.0238. The lowest BCUT2D eigenvalue weighted by atomic mass is 9.76. The second kappa shape index (κ2) is 18.7. The summed E-state index contributed by atoms with van der Waals surface area (Å²) in [7, 11) is 0. The van der Waals surface area contributed by atoms with Crippen molar-refractivity contribution in [1.82, 2.24) is 0 Å². The molecule has 196 valence electrons. The fourth-order valence-electron chi connectivity index (χ4n) is 6.26. The molecule has 0 heterocycles. The van der Waals surface area contributed by atoms with Gasteiger partial charge in [0.05, 0.1) is 12.5 Å². The number of carbonyl (C=O) groups is 1. The molecule has 2 aliphatic carbocycles. The Hall–Kier alpha value is -0.570. The summed E-state index contributed by atoms with van der Waals surface area (Å²) in [5.74, 6) is 4.36. The van der Waals surface area contributed by atoms with E-state index < -0.39 is 0 Å². The van der Waals surface area contributed by atoms with E-state index in [4.69, 9.17) is 4.74 Å². The van der Waals surface area contributed by atoms with Crippen molar-refractivity contribution < 1.29 is 14.6 Å². The van der Waals surface area contributed by atoms with Gasteiger partial charge in [0.25, 0.3) is 0 Å². The van der Waals surface area contributed by atoms with Crippen molar-refractivity contribution in [2.45, 2.75) is 137 Å². The number of carbonyl (C=O) groups excluding carboxylic acids is 1. The van der Waals surface area contributed by atoms with Gasteiger partial charge >= 0.3 is 5.97 Å². The minimum Gasteiger partial charge on any atom is -0.466 e. The molecule has 3 heteroatoms. The molecule has 2 atom stereocenters. The summed E-state index contributed by atoms with van der Waals surface area (Å²) >= 11 is 0. The Morgan fingerprint density at radius 2 is 1.18 bits per heavy atom. The Morgan fingerprint density at radius 1 is 0.727 bits per heavy atom. The van der Waals surface area contributed by atoms with Gasteiger partial charge in [-0.05, 0) is 55.8 Å². The van der Waals surface area contributed by atoms with E-state index >= 15 is 0 Å². The van der Waals surface area contributed by atoms with E-state index in [0.717, 1.165) is 42.9 Å². The number of ether oxygens (including phenoxy) is 1.